The number of alkyl carbamates (subject to hydrolysis) is 1. The Morgan fingerprint density at radius 2 is 1.67 bits per heavy atom. The minimum Gasteiger partial charge on any atom is -0.480 e. The summed E-state index contributed by atoms with van der Waals surface area (Å²) in [5.74, 6) is -1.87. The molecular weight excluding hydrogens is 581 g/mol. The van der Waals surface area contributed by atoms with Crippen LogP contribution in [0.15, 0.2) is 48.5 Å². The molecule has 42 heavy (non-hydrogen) atoms. The van der Waals surface area contributed by atoms with Crippen molar-refractivity contribution in [3.05, 3.63) is 69.7 Å². The predicted octanol–water partition coefficient (Wildman–Crippen LogP) is 5.61. The second-order valence-electron chi connectivity index (χ2n) is 10.8. The lowest BCUT2D eigenvalue weighted by molar-refractivity contribution is -0.142. The number of carbonyl (C=O) groups excluding carboxylic acids is 3. The highest BCUT2D eigenvalue weighted by Crippen LogP contribution is 2.27. The number of rotatable bonds is 14. The number of carbonyl (C=O) groups is 4. The van der Waals surface area contributed by atoms with Crippen LogP contribution >= 0.6 is 23.2 Å². The van der Waals surface area contributed by atoms with Crippen LogP contribution in [0.1, 0.15) is 62.5 Å². The molecule has 0 spiro atoms. The van der Waals surface area contributed by atoms with Crippen molar-refractivity contribution in [3.8, 4) is 0 Å². The highest BCUT2D eigenvalue weighted by molar-refractivity contribution is 6.30. The van der Waals surface area contributed by atoms with Gasteiger partial charge in [-0.3, -0.25) is 9.59 Å². The van der Waals surface area contributed by atoms with E-state index in [2.05, 4.69) is 10.6 Å². The fourth-order valence-corrected chi connectivity index (χ4v) is 5.35. The quantitative estimate of drug-likeness (QED) is 0.252. The molecule has 228 valence electrons. The Morgan fingerprint density at radius 3 is 2.33 bits per heavy atom. The van der Waals surface area contributed by atoms with E-state index in [1.807, 2.05) is 12.1 Å². The van der Waals surface area contributed by atoms with Gasteiger partial charge in [0.05, 0.1) is 0 Å². The molecule has 1 unspecified atom stereocenters. The third-order valence-corrected chi connectivity index (χ3v) is 7.98. The first-order valence-corrected chi connectivity index (χ1v) is 15.1. The van der Waals surface area contributed by atoms with Crippen molar-refractivity contribution in [1.29, 1.82) is 0 Å². The standard InChI is InChI=1S/C31H39Cl2N3O6/c1-36(17-16-21-10-12-24(32)13-11-21)28(37)15-14-26(30(39)40)34-29(38)27(19-22-6-3-2-4-7-22)35-31(41)42-20-23-8-5-9-25(33)18-23/h5,8-13,18,22,26-27H,2-4,6-7,14-17,19-20H2,1H3,(H,34,38)(H,35,41)(H,39,40)/t26-,27?/m0/s1. The van der Waals surface area contributed by atoms with Gasteiger partial charge in [-0.2, -0.15) is 0 Å². The summed E-state index contributed by atoms with van der Waals surface area (Å²) >= 11 is 11.9. The molecule has 0 radical (unpaired) electrons. The zero-order valence-electron chi connectivity index (χ0n) is 23.8. The van der Waals surface area contributed by atoms with Crippen molar-refractivity contribution in [1.82, 2.24) is 15.5 Å². The lowest BCUT2D eigenvalue weighted by atomic mass is 9.84. The van der Waals surface area contributed by atoms with E-state index in [4.69, 9.17) is 27.9 Å². The fraction of sp³-hybridized carbons (Fsp3) is 0.484. The second-order valence-corrected chi connectivity index (χ2v) is 11.6. The molecule has 2 aromatic rings. The van der Waals surface area contributed by atoms with Gasteiger partial charge in [-0.05, 0) is 60.6 Å². The summed E-state index contributed by atoms with van der Waals surface area (Å²) in [5.41, 5.74) is 1.72. The third-order valence-electron chi connectivity index (χ3n) is 7.50. The SMILES string of the molecule is CN(CCc1ccc(Cl)cc1)C(=O)CC[C@H](NC(=O)C(CC1CCCCC1)NC(=O)OCc1cccc(Cl)c1)C(=O)O. The summed E-state index contributed by atoms with van der Waals surface area (Å²) in [6.45, 7) is 0.421. The number of carboxylic acids is 1. The largest absolute Gasteiger partial charge is 0.480 e. The minimum atomic E-state index is -1.29. The number of benzene rings is 2. The summed E-state index contributed by atoms with van der Waals surface area (Å²) in [4.78, 5) is 52.2. The zero-order valence-corrected chi connectivity index (χ0v) is 25.3. The number of halogens is 2. The minimum absolute atomic E-state index is 0.0322. The number of amides is 3. The number of nitrogens with zero attached hydrogens (tertiary/aromatic N) is 1. The first kappa shape index (κ1) is 33.2. The number of ether oxygens (including phenoxy) is 1. The van der Waals surface area contributed by atoms with Crippen LogP contribution in [0.3, 0.4) is 0 Å². The van der Waals surface area contributed by atoms with E-state index in [1.54, 1.807) is 48.3 Å². The molecule has 1 fully saturated rings. The zero-order chi connectivity index (χ0) is 30.5. The molecule has 0 saturated heterocycles. The Balaban J connectivity index is 1.55. The van der Waals surface area contributed by atoms with Crippen molar-refractivity contribution in [2.24, 2.45) is 5.92 Å². The van der Waals surface area contributed by atoms with Gasteiger partial charge in [-0.15, -0.1) is 0 Å². The molecule has 0 bridgehead atoms. The van der Waals surface area contributed by atoms with Crippen LogP contribution in [-0.2, 0) is 32.1 Å². The lowest BCUT2D eigenvalue weighted by Crippen LogP contribution is -2.52. The maximum atomic E-state index is 13.3. The summed E-state index contributed by atoms with van der Waals surface area (Å²) < 4.78 is 5.31. The maximum absolute atomic E-state index is 13.3. The van der Waals surface area contributed by atoms with E-state index in [9.17, 15) is 24.3 Å². The van der Waals surface area contributed by atoms with E-state index in [1.165, 1.54) is 0 Å². The maximum Gasteiger partial charge on any atom is 0.408 e. The Bertz CT molecular complexity index is 1200. The molecule has 9 nitrogen and oxygen atoms in total. The van der Waals surface area contributed by atoms with Crippen LogP contribution in [-0.4, -0.2) is 59.6 Å². The number of likely N-dealkylation sites (N-methyl/N-ethyl adjacent to an activating group) is 1. The van der Waals surface area contributed by atoms with E-state index in [0.29, 0.717) is 35.0 Å². The topological polar surface area (TPSA) is 125 Å². The van der Waals surface area contributed by atoms with Gasteiger partial charge in [0, 0.05) is 30.1 Å². The number of nitrogens with one attached hydrogen (secondary N) is 2. The summed E-state index contributed by atoms with van der Waals surface area (Å²) in [6.07, 6.45) is 5.16. The molecule has 3 amide bonds. The Kier molecular flexibility index (Phi) is 13.4. The van der Waals surface area contributed by atoms with Crippen molar-refractivity contribution in [2.45, 2.75) is 76.5 Å². The Labute approximate surface area is 256 Å². The average molecular weight is 621 g/mol. The summed E-state index contributed by atoms with van der Waals surface area (Å²) in [7, 11) is 1.66. The van der Waals surface area contributed by atoms with Gasteiger partial charge in [-0.1, -0.05) is 79.6 Å². The average Bonchev–Trinajstić information content (AvgIpc) is 2.97. The van der Waals surface area contributed by atoms with Crippen LogP contribution in [0.5, 0.6) is 0 Å². The molecule has 11 heteroatoms. The van der Waals surface area contributed by atoms with Gasteiger partial charge in [0.2, 0.25) is 11.8 Å². The van der Waals surface area contributed by atoms with E-state index in [0.717, 1.165) is 37.7 Å². The monoisotopic (exact) mass is 619 g/mol. The number of hydrogen-bond donors (Lipinski definition) is 3. The lowest BCUT2D eigenvalue weighted by Gasteiger charge is -2.27. The predicted molar refractivity (Wildman–Crippen MR) is 161 cm³/mol. The molecule has 2 atom stereocenters. The van der Waals surface area contributed by atoms with Crippen LogP contribution in [0.25, 0.3) is 0 Å². The van der Waals surface area contributed by atoms with Crippen LogP contribution < -0.4 is 10.6 Å². The molecule has 0 heterocycles. The molecule has 3 N–H and O–H groups in total. The van der Waals surface area contributed by atoms with E-state index < -0.39 is 30.1 Å². The van der Waals surface area contributed by atoms with Crippen molar-refractivity contribution >= 4 is 47.1 Å². The van der Waals surface area contributed by atoms with Crippen molar-refractivity contribution in [2.75, 3.05) is 13.6 Å². The third kappa shape index (κ3) is 11.5. The number of hydrogen-bond acceptors (Lipinski definition) is 5. The molecule has 1 aliphatic rings. The Hall–Kier alpha value is -3.30. The molecule has 0 aromatic heterocycles. The van der Waals surface area contributed by atoms with Crippen molar-refractivity contribution < 1.29 is 29.0 Å². The van der Waals surface area contributed by atoms with Gasteiger partial charge in [0.1, 0.15) is 18.7 Å². The fourth-order valence-electron chi connectivity index (χ4n) is 5.01. The van der Waals surface area contributed by atoms with Crippen LogP contribution in [0, 0.1) is 5.92 Å². The molecular formula is C31H39Cl2N3O6. The van der Waals surface area contributed by atoms with Crippen LogP contribution in [0.2, 0.25) is 10.0 Å². The van der Waals surface area contributed by atoms with Gasteiger partial charge >= 0.3 is 12.1 Å². The highest BCUT2D eigenvalue weighted by atomic mass is 35.5. The molecule has 2 aromatic carbocycles. The summed E-state index contributed by atoms with van der Waals surface area (Å²) in [6, 6.07) is 12.0. The highest BCUT2D eigenvalue weighted by Gasteiger charge is 2.30. The smallest absolute Gasteiger partial charge is 0.408 e. The van der Waals surface area contributed by atoms with Gasteiger partial charge < -0.3 is 25.4 Å². The number of carboxylic acid groups (broad SMARTS) is 1. The van der Waals surface area contributed by atoms with E-state index in [-0.39, 0.29) is 31.3 Å². The van der Waals surface area contributed by atoms with Crippen molar-refractivity contribution in [3.63, 3.8) is 0 Å². The summed E-state index contributed by atoms with van der Waals surface area (Å²) in [5, 5.41) is 16.1. The molecule has 0 aliphatic heterocycles. The van der Waals surface area contributed by atoms with Gasteiger partial charge in [-0.25, -0.2) is 9.59 Å². The second kappa shape index (κ2) is 17.0. The van der Waals surface area contributed by atoms with Gasteiger partial charge in [0.15, 0.2) is 0 Å². The van der Waals surface area contributed by atoms with Gasteiger partial charge in [0.25, 0.3) is 0 Å². The Morgan fingerprint density at radius 1 is 0.952 bits per heavy atom. The number of aliphatic carboxylic acids is 1. The first-order chi connectivity index (χ1) is 20.1. The van der Waals surface area contributed by atoms with E-state index >= 15 is 0 Å². The molecule has 1 aliphatic carbocycles. The normalized spacial score (nSPS) is 14.8. The molecule has 3 rings (SSSR count). The van der Waals surface area contributed by atoms with Crippen LogP contribution in [0.4, 0.5) is 4.79 Å². The molecule has 1 saturated carbocycles. The first-order valence-electron chi connectivity index (χ1n) is 14.3.